The maximum atomic E-state index is 5.59. The van der Waals surface area contributed by atoms with Gasteiger partial charge in [0.05, 0.1) is 7.11 Å². The molecule has 0 bridgehead atoms. The minimum atomic E-state index is 0.596. The van der Waals surface area contributed by atoms with Crippen molar-refractivity contribution in [1.29, 1.82) is 0 Å². The van der Waals surface area contributed by atoms with Crippen molar-refractivity contribution in [3.8, 4) is 5.75 Å². The molecule has 1 unspecified atom stereocenters. The van der Waals surface area contributed by atoms with Crippen molar-refractivity contribution in [2.45, 2.75) is 51.9 Å². The number of hydrogen-bond acceptors (Lipinski definition) is 1. The SMILES string of the molecule is COc1ccc2cccc3c2c1C3CCCCCC(C)C. The van der Waals surface area contributed by atoms with Gasteiger partial charge in [0.1, 0.15) is 5.75 Å². The van der Waals surface area contributed by atoms with E-state index in [0.717, 1.165) is 11.7 Å². The fourth-order valence-corrected chi connectivity index (χ4v) is 3.69. The normalized spacial score (nSPS) is 16.3. The van der Waals surface area contributed by atoms with E-state index in [1.165, 1.54) is 54.0 Å². The van der Waals surface area contributed by atoms with Crippen molar-refractivity contribution in [3.05, 3.63) is 41.5 Å². The highest BCUT2D eigenvalue weighted by atomic mass is 16.5. The Bertz CT molecular complexity index is 627. The summed E-state index contributed by atoms with van der Waals surface area (Å²) in [4.78, 5) is 0. The zero-order valence-electron chi connectivity index (χ0n) is 13.5. The molecule has 0 aromatic heterocycles. The van der Waals surface area contributed by atoms with Crippen LogP contribution in [0.25, 0.3) is 10.8 Å². The summed E-state index contributed by atoms with van der Waals surface area (Å²) in [5.74, 6) is 2.51. The molecule has 0 aliphatic heterocycles. The van der Waals surface area contributed by atoms with E-state index in [9.17, 15) is 0 Å². The van der Waals surface area contributed by atoms with E-state index in [4.69, 9.17) is 4.74 Å². The summed E-state index contributed by atoms with van der Waals surface area (Å²) >= 11 is 0. The molecule has 0 amide bonds. The van der Waals surface area contributed by atoms with Gasteiger partial charge in [-0.05, 0) is 34.7 Å². The van der Waals surface area contributed by atoms with E-state index in [1.54, 1.807) is 7.11 Å². The van der Waals surface area contributed by atoms with E-state index in [1.807, 2.05) is 0 Å². The van der Waals surface area contributed by atoms with Gasteiger partial charge in [0, 0.05) is 11.5 Å². The van der Waals surface area contributed by atoms with Crippen LogP contribution in [0, 0.1) is 5.92 Å². The van der Waals surface area contributed by atoms with Crippen LogP contribution in [0.5, 0.6) is 5.75 Å². The van der Waals surface area contributed by atoms with Crippen LogP contribution >= 0.6 is 0 Å². The van der Waals surface area contributed by atoms with Crippen LogP contribution in [0.3, 0.4) is 0 Å². The van der Waals surface area contributed by atoms with Crippen LogP contribution in [0.4, 0.5) is 0 Å². The Morgan fingerprint density at radius 3 is 2.67 bits per heavy atom. The molecule has 1 aliphatic rings. The Balaban J connectivity index is 1.69. The predicted octanol–water partition coefficient (Wildman–Crippen LogP) is 5.90. The molecule has 1 atom stereocenters. The summed E-state index contributed by atoms with van der Waals surface area (Å²) in [6.07, 6.45) is 6.68. The Hall–Kier alpha value is -1.50. The summed E-state index contributed by atoms with van der Waals surface area (Å²) in [5, 5.41) is 2.81. The molecule has 1 heteroatoms. The molecular formula is C20H26O. The lowest BCUT2D eigenvalue weighted by molar-refractivity contribution is 0.404. The van der Waals surface area contributed by atoms with Gasteiger partial charge < -0.3 is 4.74 Å². The quantitative estimate of drug-likeness (QED) is 0.574. The van der Waals surface area contributed by atoms with Gasteiger partial charge in [0.15, 0.2) is 0 Å². The molecule has 0 radical (unpaired) electrons. The highest BCUT2D eigenvalue weighted by molar-refractivity contribution is 5.97. The molecule has 2 aromatic rings. The van der Waals surface area contributed by atoms with Gasteiger partial charge in [0.2, 0.25) is 0 Å². The number of ether oxygens (including phenoxy) is 1. The average molecular weight is 282 g/mol. The van der Waals surface area contributed by atoms with Crippen LogP contribution in [0.15, 0.2) is 30.3 Å². The molecule has 0 saturated heterocycles. The van der Waals surface area contributed by atoms with E-state index in [2.05, 4.69) is 44.2 Å². The summed E-state index contributed by atoms with van der Waals surface area (Å²) < 4.78 is 5.59. The highest BCUT2D eigenvalue weighted by Gasteiger charge is 2.31. The average Bonchev–Trinajstić information content (AvgIpc) is 2.48. The molecule has 0 saturated carbocycles. The van der Waals surface area contributed by atoms with Gasteiger partial charge in [-0.1, -0.05) is 63.8 Å². The smallest absolute Gasteiger partial charge is 0.123 e. The van der Waals surface area contributed by atoms with Crippen LogP contribution < -0.4 is 4.74 Å². The van der Waals surface area contributed by atoms with Crippen molar-refractivity contribution in [1.82, 2.24) is 0 Å². The molecule has 2 aromatic carbocycles. The highest BCUT2D eigenvalue weighted by Crippen LogP contribution is 2.51. The molecule has 1 nitrogen and oxygen atoms in total. The third-order valence-corrected chi connectivity index (χ3v) is 4.80. The lowest BCUT2D eigenvalue weighted by atomic mass is 9.72. The Labute approximate surface area is 128 Å². The van der Waals surface area contributed by atoms with Crippen LogP contribution in [0.1, 0.15) is 63.0 Å². The van der Waals surface area contributed by atoms with Crippen molar-refractivity contribution in [3.63, 3.8) is 0 Å². The minimum absolute atomic E-state index is 0.596. The van der Waals surface area contributed by atoms with Gasteiger partial charge in [-0.2, -0.15) is 0 Å². The Kier molecular flexibility index (Phi) is 4.19. The van der Waals surface area contributed by atoms with Crippen molar-refractivity contribution < 1.29 is 4.74 Å². The molecule has 112 valence electrons. The third-order valence-electron chi connectivity index (χ3n) is 4.80. The fraction of sp³-hybridized carbons (Fsp3) is 0.500. The molecule has 3 rings (SSSR count). The van der Waals surface area contributed by atoms with Gasteiger partial charge >= 0.3 is 0 Å². The van der Waals surface area contributed by atoms with Crippen molar-refractivity contribution in [2.24, 2.45) is 5.92 Å². The molecule has 0 fully saturated rings. The number of methoxy groups -OCH3 is 1. The minimum Gasteiger partial charge on any atom is -0.496 e. The molecule has 21 heavy (non-hydrogen) atoms. The summed E-state index contributed by atoms with van der Waals surface area (Å²) in [7, 11) is 1.79. The fourth-order valence-electron chi connectivity index (χ4n) is 3.69. The Morgan fingerprint density at radius 2 is 1.90 bits per heavy atom. The van der Waals surface area contributed by atoms with E-state index in [-0.39, 0.29) is 0 Å². The summed E-state index contributed by atoms with van der Waals surface area (Å²) in [5.41, 5.74) is 2.99. The zero-order valence-corrected chi connectivity index (χ0v) is 13.5. The van der Waals surface area contributed by atoms with E-state index in [0.29, 0.717) is 5.92 Å². The van der Waals surface area contributed by atoms with E-state index >= 15 is 0 Å². The lowest BCUT2D eigenvalue weighted by Crippen LogP contribution is -2.14. The zero-order chi connectivity index (χ0) is 14.8. The second kappa shape index (κ2) is 6.09. The Morgan fingerprint density at radius 1 is 1.05 bits per heavy atom. The first kappa shape index (κ1) is 14.4. The first-order valence-corrected chi connectivity index (χ1v) is 8.32. The van der Waals surface area contributed by atoms with Crippen molar-refractivity contribution >= 4 is 10.8 Å². The third kappa shape index (κ3) is 2.66. The summed E-state index contributed by atoms with van der Waals surface area (Å²) in [6, 6.07) is 11.0. The van der Waals surface area contributed by atoms with Gasteiger partial charge in [0.25, 0.3) is 0 Å². The number of hydrogen-bond donors (Lipinski definition) is 0. The standard InChI is InChI=1S/C20H26O/c1-14(2)8-5-4-6-10-17-16-11-7-9-15-12-13-18(21-3)20(17)19(15)16/h7,9,11-14,17H,4-6,8,10H2,1-3H3. The first-order valence-electron chi connectivity index (χ1n) is 8.32. The molecule has 0 heterocycles. The molecule has 1 aliphatic carbocycles. The first-order chi connectivity index (χ1) is 10.2. The van der Waals surface area contributed by atoms with E-state index < -0.39 is 0 Å². The second-order valence-electron chi connectivity index (χ2n) is 6.71. The molecule has 0 spiro atoms. The predicted molar refractivity (Wildman–Crippen MR) is 90.3 cm³/mol. The van der Waals surface area contributed by atoms with Gasteiger partial charge in [-0.15, -0.1) is 0 Å². The topological polar surface area (TPSA) is 9.23 Å². The molecular weight excluding hydrogens is 256 g/mol. The number of rotatable bonds is 7. The summed E-state index contributed by atoms with van der Waals surface area (Å²) in [6.45, 7) is 4.63. The van der Waals surface area contributed by atoms with Crippen LogP contribution in [-0.2, 0) is 0 Å². The molecule has 0 N–H and O–H groups in total. The second-order valence-corrected chi connectivity index (χ2v) is 6.71. The van der Waals surface area contributed by atoms with Crippen LogP contribution in [0.2, 0.25) is 0 Å². The van der Waals surface area contributed by atoms with Crippen molar-refractivity contribution in [2.75, 3.05) is 7.11 Å². The van der Waals surface area contributed by atoms with Gasteiger partial charge in [-0.25, -0.2) is 0 Å². The largest absolute Gasteiger partial charge is 0.496 e. The number of benzene rings is 2. The monoisotopic (exact) mass is 282 g/mol. The van der Waals surface area contributed by atoms with Gasteiger partial charge in [-0.3, -0.25) is 0 Å². The number of unbranched alkanes of at least 4 members (excludes halogenated alkanes) is 2. The maximum absolute atomic E-state index is 5.59. The van der Waals surface area contributed by atoms with Crippen LogP contribution in [-0.4, -0.2) is 7.11 Å². The maximum Gasteiger partial charge on any atom is 0.123 e. The lowest BCUT2D eigenvalue weighted by Gasteiger charge is -2.32.